The summed E-state index contributed by atoms with van der Waals surface area (Å²) in [6.45, 7) is 8.21. The summed E-state index contributed by atoms with van der Waals surface area (Å²) in [4.78, 5) is 39.0. The van der Waals surface area contributed by atoms with Crippen molar-refractivity contribution in [3.8, 4) is 0 Å². The summed E-state index contributed by atoms with van der Waals surface area (Å²) in [6.07, 6.45) is 0.109. The number of nitrogens with zero attached hydrogens (tertiary/aromatic N) is 1. The van der Waals surface area contributed by atoms with E-state index in [-0.39, 0.29) is 12.5 Å². The first-order chi connectivity index (χ1) is 11.7. The van der Waals surface area contributed by atoms with Gasteiger partial charge in [0.15, 0.2) is 0 Å². The van der Waals surface area contributed by atoms with Crippen molar-refractivity contribution >= 4 is 34.3 Å². The van der Waals surface area contributed by atoms with E-state index in [1.807, 2.05) is 0 Å². The molecule has 1 aliphatic heterocycles. The third-order valence-electron chi connectivity index (χ3n) is 3.88. The van der Waals surface area contributed by atoms with Crippen molar-refractivity contribution in [2.75, 3.05) is 25.6 Å². The Kier molecular flexibility index (Phi) is 5.72. The van der Waals surface area contributed by atoms with Crippen LogP contribution < -0.4 is 5.32 Å². The Balaban J connectivity index is 2.39. The van der Waals surface area contributed by atoms with Gasteiger partial charge in [-0.25, -0.2) is 9.59 Å². The first-order valence-electron chi connectivity index (χ1n) is 8.15. The van der Waals surface area contributed by atoms with Gasteiger partial charge in [-0.3, -0.25) is 4.79 Å². The van der Waals surface area contributed by atoms with E-state index in [0.717, 1.165) is 10.4 Å². The number of ether oxygens (including phenoxy) is 2. The van der Waals surface area contributed by atoms with Gasteiger partial charge in [0.1, 0.15) is 5.00 Å². The fraction of sp³-hybridized carbons (Fsp3) is 0.588. The zero-order valence-electron chi connectivity index (χ0n) is 15.2. The molecular formula is C17H24N2O5S. The second kappa shape index (κ2) is 7.43. The maximum Gasteiger partial charge on any atom is 0.409 e. The summed E-state index contributed by atoms with van der Waals surface area (Å²) in [5, 5.41) is 3.33. The number of thiophene rings is 1. The second-order valence-electron chi connectivity index (χ2n) is 6.77. The van der Waals surface area contributed by atoms with Gasteiger partial charge >= 0.3 is 12.1 Å². The molecule has 2 heterocycles. The Hall–Kier alpha value is -2.09. The van der Waals surface area contributed by atoms with Crippen molar-refractivity contribution in [2.24, 2.45) is 5.41 Å². The van der Waals surface area contributed by atoms with Gasteiger partial charge < -0.3 is 19.7 Å². The minimum Gasteiger partial charge on any atom is -0.462 e. The third kappa shape index (κ3) is 4.12. The van der Waals surface area contributed by atoms with Crippen molar-refractivity contribution < 1.29 is 23.9 Å². The predicted octanol–water partition coefficient (Wildman–Crippen LogP) is 3.03. The van der Waals surface area contributed by atoms with Crippen molar-refractivity contribution in [1.29, 1.82) is 0 Å². The average molecular weight is 368 g/mol. The minimum absolute atomic E-state index is 0.179. The highest BCUT2D eigenvalue weighted by molar-refractivity contribution is 7.17. The molecule has 25 heavy (non-hydrogen) atoms. The fourth-order valence-corrected chi connectivity index (χ4v) is 3.73. The smallest absolute Gasteiger partial charge is 0.409 e. The number of hydrogen-bond donors (Lipinski definition) is 1. The molecule has 1 aromatic rings. The Morgan fingerprint density at radius 2 is 1.96 bits per heavy atom. The van der Waals surface area contributed by atoms with Gasteiger partial charge in [0.2, 0.25) is 5.91 Å². The molecule has 0 radical (unpaired) electrons. The second-order valence-corrected chi connectivity index (χ2v) is 7.88. The van der Waals surface area contributed by atoms with E-state index in [2.05, 4.69) is 5.32 Å². The van der Waals surface area contributed by atoms with Gasteiger partial charge in [0, 0.05) is 16.8 Å². The molecule has 0 aromatic carbocycles. The zero-order valence-corrected chi connectivity index (χ0v) is 16.0. The number of amides is 2. The van der Waals surface area contributed by atoms with Gasteiger partial charge in [0.05, 0.1) is 25.8 Å². The lowest BCUT2D eigenvalue weighted by molar-refractivity contribution is -0.123. The molecule has 2 amide bonds. The molecule has 8 heteroatoms. The Bertz CT molecular complexity index is 690. The molecule has 0 atom stereocenters. The molecule has 0 spiro atoms. The average Bonchev–Trinajstić information content (AvgIpc) is 2.90. The molecule has 0 aliphatic carbocycles. The van der Waals surface area contributed by atoms with Gasteiger partial charge in [0.25, 0.3) is 0 Å². The molecule has 0 unspecified atom stereocenters. The highest BCUT2D eigenvalue weighted by Crippen LogP contribution is 2.38. The summed E-state index contributed by atoms with van der Waals surface area (Å²) in [7, 11) is 1.34. The van der Waals surface area contributed by atoms with E-state index in [9.17, 15) is 14.4 Å². The number of carbonyl (C=O) groups excluding carboxylic acids is 3. The monoisotopic (exact) mass is 368 g/mol. The lowest BCUT2D eigenvalue weighted by atomic mass is 9.95. The SMILES string of the molecule is CCOC(=O)c1c(NC(=O)C(C)(C)C)sc2c1CCN(C(=O)OC)C2. The van der Waals surface area contributed by atoms with Crippen LogP contribution in [0.1, 0.15) is 48.5 Å². The van der Waals surface area contributed by atoms with Gasteiger partial charge in [-0.15, -0.1) is 11.3 Å². The Morgan fingerprint density at radius 3 is 2.52 bits per heavy atom. The number of nitrogens with one attached hydrogen (secondary N) is 1. The van der Waals surface area contributed by atoms with Crippen LogP contribution in [0.25, 0.3) is 0 Å². The number of methoxy groups -OCH3 is 1. The maximum atomic E-state index is 12.4. The molecule has 0 fully saturated rings. The minimum atomic E-state index is -0.589. The van der Waals surface area contributed by atoms with Crippen molar-refractivity contribution in [3.05, 3.63) is 16.0 Å². The lowest BCUT2D eigenvalue weighted by Crippen LogP contribution is -2.35. The highest BCUT2D eigenvalue weighted by Gasteiger charge is 2.32. The van der Waals surface area contributed by atoms with Crippen LogP contribution in [0.4, 0.5) is 9.80 Å². The number of esters is 1. The van der Waals surface area contributed by atoms with Crippen LogP contribution >= 0.6 is 11.3 Å². The standard InChI is InChI=1S/C17H24N2O5S/c1-6-24-14(20)12-10-7-8-19(16(22)23-5)9-11(10)25-13(12)18-15(21)17(2,3)4/h6-9H2,1-5H3,(H,18,21). The summed E-state index contributed by atoms with van der Waals surface area (Å²) < 4.78 is 9.93. The first-order valence-corrected chi connectivity index (χ1v) is 8.96. The number of hydrogen-bond acceptors (Lipinski definition) is 6. The summed E-state index contributed by atoms with van der Waals surface area (Å²) in [6, 6.07) is 0. The van der Waals surface area contributed by atoms with E-state index in [1.165, 1.54) is 18.4 Å². The van der Waals surface area contributed by atoms with E-state index in [0.29, 0.717) is 30.1 Å². The molecule has 7 nitrogen and oxygen atoms in total. The number of carbonyl (C=O) groups is 3. The van der Waals surface area contributed by atoms with Crippen molar-refractivity contribution in [2.45, 2.75) is 40.7 Å². The molecule has 1 N–H and O–H groups in total. The normalized spacial score (nSPS) is 13.9. The fourth-order valence-electron chi connectivity index (χ4n) is 2.49. The zero-order chi connectivity index (χ0) is 18.8. The predicted molar refractivity (Wildman–Crippen MR) is 94.9 cm³/mol. The summed E-state index contributed by atoms with van der Waals surface area (Å²) >= 11 is 1.31. The Labute approximate surface area is 151 Å². The maximum absolute atomic E-state index is 12.4. The number of rotatable bonds is 3. The molecule has 0 saturated heterocycles. The lowest BCUT2D eigenvalue weighted by Gasteiger charge is -2.25. The van der Waals surface area contributed by atoms with Crippen LogP contribution in [0.2, 0.25) is 0 Å². The van der Waals surface area contributed by atoms with Crippen LogP contribution in [0.15, 0.2) is 0 Å². The third-order valence-corrected chi connectivity index (χ3v) is 5.01. The van der Waals surface area contributed by atoms with Crippen LogP contribution in [-0.2, 0) is 27.2 Å². The quantitative estimate of drug-likeness (QED) is 0.829. The van der Waals surface area contributed by atoms with Crippen molar-refractivity contribution in [1.82, 2.24) is 4.90 Å². The molecule has 1 aromatic heterocycles. The number of anilines is 1. The van der Waals surface area contributed by atoms with Crippen molar-refractivity contribution in [3.63, 3.8) is 0 Å². The molecule has 1 aliphatic rings. The van der Waals surface area contributed by atoms with E-state index in [4.69, 9.17) is 9.47 Å². The Morgan fingerprint density at radius 1 is 1.28 bits per heavy atom. The van der Waals surface area contributed by atoms with Crippen LogP contribution in [-0.4, -0.2) is 43.1 Å². The topological polar surface area (TPSA) is 84.9 Å². The van der Waals surface area contributed by atoms with E-state index in [1.54, 1.807) is 32.6 Å². The molecule has 0 bridgehead atoms. The first kappa shape index (κ1) is 19.2. The van der Waals surface area contributed by atoms with Crippen LogP contribution in [0.3, 0.4) is 0 Å². The van der Waals surface area contributed by atoms with Crippen LogP contribution in [0.5, 0.6) is 0 Å². The molecule has 0 saturated carbocycles. The van der Waals surface area contributed by atoms with Crippen LogP contribution in [0, 0.1) is 5.41 Å². The van der Waals surface area contributed by atoms with Gasteiger partial charge in [-0.05, 0) is 18.9 Å². The highest BCUT2D eigenvalue weighted by atomic mass is 32.1. The molecular weight excluding hydrogens is 344 g/mol. The van der Waals surface area contributed by atoms with E-state index >= 15 is 0 Å². The summed E-state index contributed by atoms with van der Waals surface area (Å²) in [5.41, 5.74) is 0.658. The molecule has 2 rings (SSSR count). The molecule has 138 valence electrons. The van der Waals surface area contributed by atoms with E-state index < -0.39 is 17.5 Å². The summed E-state index contributed by atoms with van der Waals surface area (Å²) in [5.74, 6) is -0.628. The van der Waals surface area contributed by atoms with Gasteiger partial charge in [-0.2, -0.15) is 0 Å². The number of fused-ring (bicyclic) bond motifs is 1. The van der Waals surface area contributed by atoms with Gasteiger partial charge in [-0.1, -0.05) is 20.8 Å². The largest absolute Gasteiger partial charge is 0.462 e.